The summed E-state index contributed by atoms with van der Waals surface area (Å²) in [4.78, 5) is 39.3. The molecule has 13 nitrogen and oxygen atoms in total. The first-order valence-corrected chi connectivity index (χ1v) is 12.2. The van der Waals surface area contributed by atoms with Crippen molar-refractivity contribution in [3.63, 3.8) is 0 Å². The third-order valence-electron chi connectivity index (χ3n) is 6.68. The fourth-order valence-electron chi connectivity index (χ4n) is 4.80. The van der Waals surface area contributed by atoms with Gasteiger partial charge in [-0.1, -0.05) is 19.3 Å². The maximum atomic E-state index is 12.4. The van der Waals surface area contributed by atoms with Crippen molar-refractivity contribution in [1.82, 2.24) is 14.6 Å². The summed E-state index contributed by atoms with van der Waals surface area (Å²) in [5.74, 6) is -0.823. The molecule has 2 aliphatic rings. The molecule has 0 unspecified atom stereocenters. The molecule has 37 heavy (non-hydrogen) atoms. The lowest BCUT2D eigenvalue weighted by Gasteiger charge is -2.32. The minimum atomic E-state index is -1.33. The summed E-state index contributed by atoms with van der Waals surface area (Å²) in [6.07, 6.45) is 5.67. The van der Waals surface area contributed by atoms with Gasteiger partial charge in [-0.25, -0.2) is 14.3 Å². The molecular formula is C24H30N6O7. The highest BCUT2D eigenvalue weighted by Gasteiger charge is 2.45. The monoisotopic (exact) mass is 514 g/mol. The molecule has 2 aromatic heterocycles. The number of hydrogen-bond donors (Lipinski definition) is 2. The average Bonchev–Trinajstić information content (AvgIpc) is 3.48. The normalized spacial score (nSPS) is 22.7. The number of aromatic nitrogens is 3. The van der Waals surface area contributed by atoms with Crippen molar-refractivity contribution in [3.8, 4) is 6.07 Å². The molecule has 13 heteroatoms. The lowest BCUT2D eigenvalue weighted by Crippen LogP contribution is -2.44. The molecule has 0 radical (unpaired) electrons. The average molecular weight is 515 g/mol. The summed E-state index contributed by atoms with van der Waals surface area (Å²) < 4.78 is 22.4. The third kappa shape index (κ3) is 6.15. The van der Waals surface area contributed by atoms with Gasteiger partial charge in [-0.2, -0.15) is 10.4 Å². The van der Waals surface area contributed by atoms with Crippen LogP contribution in [0.15, 0.2) is 18.5 Å². The van der Waals surface area contributed by atoms with E-state index in [1.54, 1.807) is 12.1 Å². The number of carbonyl (C=O) groups excluding carboxylic acids is 3. The number of nitrogens with zero attached hydrogens (tertiary/aromatic N) is 4. The van der Waals surface area contributed by atoms with E-state index in [-0.39, 0.29) is 24.8 Å². The number of nitriles is 1. The predicted octanol–water partition coefficient (Wildman–Crippen LogP) is 2.29. The molecule has 3 heterocycles. The predicted molar refractivity (Wildman–Crippen MR) is 127 cm³/mol. The molecule has 1 saturated heterocycles. The maximum absolute atomic E-state index is 12.4. The summed E-state index contributed by atoms with van der Waals surface area (Å²) in [5, 5.41) is 16.7. The van der Waals surface area contributed by atoms with E-state index in [9.17, 15) is 19.6 Å². The highest BCUT2D eigenvalue weighted by Crippen LogP contribution is 2.40. The van der Waals surface area contributed by atoms with E-state index in [2.05, 4.69) is 26.2 Å². The van der Waals surface area contributed by atoms with E-state index in [4.69, 9.17) is 19.9 Å². The van der Waals surface area contributed by atoms with Crippen molar-refractivity contribution >= 4 is 29.4 Å². The summed E-state index contributed by atoms with van der Waals surface area (Å²) in [7, 11) is 0. The Morgan fingerprint density at radius 1 is 1.22 bits per heavy atom. The fourth-order valence-corrected chi connectivity index (χ4v) is 4.80. The van der Waals surface area contributed by atoms with Crippen LogP contribution in [0.4, 0.5) is 10.6 Å². The van der Waals surface area contributed by atoms with Crippen molar-refractivity contribution in [1.29, 1.82) is 5.26 Å². The smallest absolute Gasteiger partial charge is 0.415 e. The van der Waals surface area contributed by atoms with Crippen LogP contribution < -0.4 is 11.1 Å². The van der Waals surface area contributed by atoms with Crippen molar-refractivity contribution < 1.29 is 33.3 Å². The Hall–Kier alpha value is -3.76. The van der Waals surface area contributed by atoms with E-state index in [0.29, 0.717) is 24.1 Å². The first-order chi connectivity index (χ1) is 17.7. The van der Waals surface area contributed by atoms with Crippen LogP contribution in [0.25, 0.3) is 5.52 Å². The van der Waals surface area contributed by atoms with Gasteiger partial charge in [0.25, 0.3) is 0 Å². The van der Waals surface area contributed by atoms with Crippen LogP contribution >= 0.6 is 0 Å². The molecular weight excluding hydrogens is 484 g/mol. The van der Waals surface area contributed by atoms with Crippen molar-refractivity contribution in [3.05, 3.63) is 24.2 Å². The zero-order chi connectivity index (χ0) is 26.5. The molecule has 0 aromatic carbocycles. The molecule has 1 aliphatic carbocycles. The lowest BCUT2D eigenvalue weighted by atomic mass is 9.80. The Labute approximate surface area is 213 Å². The van der Waals surface area contributed by atoms with Gasteiger partial charge < -0.3 is 24.7 Å². The van der Waals surface area contributed by atoms with Gasteiger partial charge in [-0.3, -0.25) is 14.9 Å². The minimum Gasteiger partial charge on any atom is -0.463 e. The van der Waals surface area contributed by atoms with E-state index >= 15 is 0 Å². The molecule has 1 saturated carbocycles. The number of rotatable bonds is 8. The number of hydrogen-bond acceptors (Lipinski definition) is 11. The first-order valence-electron chi connectivity index (χ1n) is 12.2. The molecule has 1 aliphatic heterocycles. The van der Waals surface area contributed by atoms with Crippen molar-refractivity contribution in [2.75, 3.05) is 18.7 Å². The van der Waals surface area contributed by atoms with E-state index in [1.807, 2.05) is 0 Å². The number of anilines is 1. The Morgan fingerprint density at radius 2 is 2.00 bits per heavy atom. The van der Waals surface area contributed by atoms with Gasteiger partial charge in [-0.15, -0.1) is 0 Å². The molecule has 2 atom stereocenters. The zero-order valence-electron chi connectivity index (χ0n) is 20.6. The van der Waals surface area contributed by atoms with Crippen molar-refractivity contribution in [2.24, 2.45) is 5.73 Å². The number of fused-ring (bicyclic) bond motifs is 1. The number of carbonyl (C=O) groups is 3. The number of nitrogens with one attached hydrogen (secondary N) is 1. The summed E-state index contributed by atoms with van der Waals surface area (Å²) in [6, 6.07) is 5.54. The van der Waals surface area contributed by atoms with Gasteiger partial charge in [0, 0.05) is 12.5 Å². The van der Waals surface area contributed by atoms with Crippen LogP contribution in [0.1, 0.15) is 64.0 Å². The third-order valence-corrected chi connectivity index (χ3v) is 6.68. The number of esters is 2. The molecule has 4 rings (SSSR count). The van der Waals surface area contributed by atoms with Crippen LogP contribution in [0.3, 0.4) is 0 Å². The SMILES string of the molecule is CC(=O)OCOC(=O)Nc1ncnn2c([C@@]3(C#N)CC[C@@H](COC(=O)CC4(N)CCCCC4)O3)ccc12. The zero-order valence-corrected chi connectivity index (χ0v) is 20.6. The van der Waals surface area contributed by atoms with Crippen molar-refractivity contribution in [2.45, 2.75) is 75.5 Å². The summed E-state index contributed by atoms with van der Waals surface area (Å²) in [5.41, 5.74) is 5.37. The largest absolute Gasteiger partial charge is 0.463 e. The standard InChI is InChI=1S/C24H30N6O7/c1-16(31)35-15-36-22(33)29-21-18-5-6-19(30(18)28-14-27-21)24(13-25)10-7-17(37-24)12-34-20(32)11-23(26)8-3-2-4-9-23/h5-6,14,17H,2-4,7-12,15,26H2,1H3,(H,27,28,29,33)/t17-,24-/m0/s1. The Kier molecular flexibility index (Phi) is 7.89. The second-order valence-electron chi connectivity index (χ2n) is 9.44. The fraction of sp³-hybridized carbons (Fsp3) is 0.583. The van der Waals surface area contributed by atoms with E-state index < -0.39 is 36.1 Å². The van der Waals surface area contributed by atoms with Gasteiger partial charge in [0.2, 0.25) is 6.79 Å². The topological polar surface area (TPSA) is 180 Å². The second-order valence-corrected chi connectivity index (χ2v) is 9.44. The minimum absolute atomic E-state index is 0.0254. The Bertz CT molecular complexity index is 1200. The Balaban J connectivity index is 1.39. The maximum Gasteiger partial charge on any atom is 0.415 e. The number of amides is 1. The van der Waals surface area contributed by atoms with Crippen LogP contribution in [0.5, 0.6) is 0 Å². The molecule has 0 spiro atoms. The van der Waals surface area contributed by atoms with Gasteiger partial charge >= 0.3 is 18.0 Å². The van der Waals surface area contributed by atoms with Crippen LogP contribution in [0.2, 0.25) is 0 Å². The molecule has 0 bridgehead atoms. The van der Waals surface area contributed by atoms with Crippen LogP contribution in [-0.2, 0) is 34.1 Å². The molecule has 1 amide bonds. The second kappa shape index (κ2) is 11.1. The summed E-state index contributed by atoms with van der Waals surface area (Å²) in [6.45, 7) is 0.671. The number of ether oxygens (including phenoxy) is 4. The van der Waals surface area contributed by atoms with Gasteiger partial charge in [-0.05, 0) is 37.8 Å². The highest BCUT2D eigenvalue weighted by molar-refractivity contribution is 5.88. The first kappa shape index (κ1) is 26.3. The van der Waals surface area contributed by atoms with Crippen LogP contribution in [-0.4, -0.2) is 57.7 Å². The van der Waals surface area contributed by atoms with Gasteiger partial charge in [0.1, 0.15) is 24.5 Å². The van der Waals surface area contributed by atoms with E-state index in [0.717, 1.165) is 32.1 Å². The van der Waals surface area contributed by atoms with Crippen LogP contribution in [0, 0.1) is 11.3 Å². The van der Waals surface area contributed by atoms with Gasteiger partial charge in [0.15, 0.2) is 11.4 Å². The lowest BCUT2D eigenvalue weighted by molar-refractivity contribution is -0.151. The molecule has 2 aromatic rings. The highest BCUT2D eigenvalue weighted by atomic mass is 16.7. The van der Waals surface area contributed by atoms with Gasteiger partial charge in [0.05, 0.1) is 18.2 Å². The Morgan fingerprint density at radius 3 is 2.73 bits per heavy atom. The van der Waals surface area contributed by atoms with E-state index in [1.165, 1.54) is 17.8 Å². The quantitative estimate of drug-likeness (QED) is 0.390. The molecule has 3 N–H and O–H groups in total. The number of nitrogens with two attached hydrogens (primary N) is 1. The molecule has 2 fully saturated rings. The molecule has 198 valence electrons. The summed E-state index contributed by atoms with van der Waals surface area (Å²) >= 11 is 0.